The monoisotopic (exact) mass is 483 g/mol. The van der Waals surface area contributed by atoms with Crippen molar-refractivity contribution in [2.75, 3.05) is 6.54 Å². The van der Waals surface area contributed by atoms with Crippen LogP contribution in [0, 0.1) is 13.8 Å². The minimum Gasteiger partial charge on any atom is -0.480 e. The molecule has 2 aromatic carbocycles. The highest BCUT2D eigenvalue weighted by atomic mass is 16.4. The van der Waals surface area contributed by atoms with Crippen molar-refractivity contribution < 1.29 is 19.5 Å². The smallest absolute Gasteiger partial charge is 0.360 e. The van der Waals surface area contributed by atoms with Crippen LogP contribution in [0.4, 0.5) is 10.5 Å². The lowest BCUT2D eigenvalue weighted by atomic mass is 10.0. The van der Waals surface area contributed by atoms with Gasteiger partial charge in [-0.2, -0.15) is 0 Å². The fourth-order valence-corrected chi connectivity index (χ4v) is 3.28. The van der Waals surface area contributed by atoms with Crippen molar-refractivity contribution in [1.82, 2.24) is 16.0 Å². The van der Waals surface area contributed by atoms with E-state index in [9.17, 15) is 19.5 Å². The summed E-state index contributed by atoms with van der Waals surface area (Å²) in [6.07, 6.45) is 0.00469. The number of carbonyl (C=O) groups excluding carboxylic acids is 2. The van der Waals surface area contributed by atoms with Crippen molar-refractivity contribution in [3.05, 3.63) is 65.2 Å². The average molecular weight is 484 g/mol. The fraction of sp³-hybridized carbons (Fsp3) is 0.375. The molecule has 188 valence electrons. The number of carboxylic acids is 1. The van der Waals surface area contributed by atoms with E-state index in [-0.39, 0.29) is 12.8 Å². The van der Waals surface area contributed by atoms with E-state index in [0.717, 1.165) is 16.7 Å². The third-order valence-electron chi connectivity index (χ3n) is 5.39. The number of carbonyl (C=O) groups is 3. The van der Waals surface area contributed by atoms with Crippen LogP contribution in [0.15, 0.2) is 58.8 Å². The van der Waals surface area contributed by atoms with Crippen LogP contribution in [0.3, 0.4) is 0 Å². The maximum atomic E-state index is 13.0. The Balaban J connectivity index is 2.11. The Kier molecular flexibility index (Phi) is 10.9. The quantitative estimate of drug-likeness (QED) is 0.151. The van der Waals surface area contributed by atoms with Gasteiger partial charge in [0.15, 0.2) is 0 Å². The van der Waals surface area contributed by atoms with E-state index >= 15 is 0 Å². The maximum Gasteiger partial charge on any atom is 0.360 e. The second-order valence-corrected chi connectivity index (χ2v) is 8.13. The molecule has 0 aromatic heterocycles. The molecule has 2 aromatic rings. The Morgan fingerprint density at radius 2 is 1.69 bits per heavy atom. The van der Waals surface area contributed by atoms with Gasteiger partial charge in [-0.25, -0.2) is 9.59 Å². The molecule has 0 heterocycles. The molecule has 11 nitrogen and oxygen atoms in total. The molecule has 11 heteroatoms. The van der Waals surface area contributed by atoms with Crippen LogP contribution < -0.4 is 27.4 Å². The Morgan fingerprint density at radius 1 is 0.971 bits per heavy atom. The van der Waals surface area contributed by atoms with Crippen molar-refractivity contribution in [1.29, 1.82) is 0 Å². The van der Waals surface area contributed by atoms with E-state index < -0.39 is 36.3 Å². The maximum absolute atomic E-state index is 13.0. The lowest BCUT2D eigenvalue weighted by molar-refractivity contribution is -0.142. The minimum atomic E-state index is -1.19. The lowest BCUT2D eigenvalue weighted by Crippen LogP contribution is -2.52. The number of aryl methyl sites for hydroxylation is 1. The minimum absolute atomic E-state index is 0.146. The lowest BCUT2D eigenvalue weighted by Gasteiger charge is -2.21. The van der Waals surface area contributed by atoms with Crippen LogP contribution in [0.1, 0.15) is 29.5 Å². The Morgan fingerprint density at radius 3 is 2.34 bits per heavy atom. The van der Waals surface area contributed by atoms with E-state index in [1.165, 1.54) is 0 Å². The SMILES string of the molecule is Cc1cccc(N=NC(=O)NC(Cc2ccccc2)C(=O)NC(CCCNC(N)N)C(=O)O)c1C. The number of nitrogens with one attached hydrogen (secondary N) is 3. The standard InChI is InChI=1S/C24H33N7O4/c1-15-8-6-11-18(16(15)2)30-31-24(35)29-20(14-17-9-4-3-5-10-17)21(32)28-19(22(33)34)12-7-13-27-23(25)26/h3-6,8-11,19-20,23,27H,7,12-14,25-26H2,1-2H3,(H,28,32)(H,29,35)(H,33,34). The molecular formula is C24H33N7O4. The first-order chi connectivity index (χ1) is 16.7. The average Bonchev–Trinajstić information content (AvgIpc) is 2.81. The van der Waals surface area contributed by atoms with Crippen molar-refractivity contribution >= 4 is 23.6 Å². The predicted molar refractivity (Wildman–Crippen MR) is 132 cm³/mol. The Labute approximate surface area is 204 Å². The number of nitrogens with two attached hydrogens (primary N) is 2. The normalized spacial score (nSPS) is 12.9. The number of hydrogen-bond donors (Lipinski definition) is 6. The molecule has 35 heavy (non-hydrogen) atoms. The highest BCUT2D eigenvalue weighted by Crippen LogP contribution is 2.21. The number of amides is 3. The molecule has 0 radical (unpaired) electrons. The van der Waals surface area contributed by atoms with E-state index in [1.807, 2.05) is 44.2 Å². The summed E-state index contributed by atoms with van der Waals surface area (Å²) in [5.74, 6) is -1.82. The number of azo groups is 1. The van der Waals surface area contributed by atoms with Gasteiger partial charge in [-0.3, -0.25) is 10.1 Å². The van der Waals surface area contributed by atoms with E-state index in [4.69, 9.17) is 11.5 Å². The molecule has 0 aliphatic heterocycles. The Hall–Kier alpha value is -3.67. The van der Waals surface area contributed by atoms with E-state index in [0.29, 0.717) is 18.7 Å². The summed E-state index contributed by atoms with van der Waals surface area (Å²) in [4.78, 5) is 37.2. The first-order valence-electron chi connectivity index (χ1n) is 11.3. The van der Waals surface area contributed by atoms with Gasteiger partial charge in [-0.15, -0.1) is 5.11 Å². The van der Waals surface area contributed by atoms with Gasteiger partial charge >= 0.3 is 12.0 Å². The highest BCUT2D eigenvalue weighted by molar-refractivity contribution is 5.90. The largest absolute Gasteiger partial charge is 0.480 e. The van der Waals surface area contributed by atoms with Crippen LogP contribution in [0.25, 0.3) is 0 Å². The third kappa shape index (κ3) is 9.61. The van der Waals surface area contributed by atoms with E-state index in [1.54, 1.807) is 18.2 Å². The van der Waals surface area contributed by atoms with Crippen molar-refractivity contribution in [2.24, 2.45) is 21.7 Å². The van der Waals surface area contributed by atoms with Crippen LogP contribution in [-0.2, 0) is 16.0 Å². The second kappa shape index (κ2) is 13.9. The van der Waals surface area contributed by atoms with Crippen LogP contribution in [0.5, 0.6) is 0 Å². The number of urea groups is 1. The molecule has 3 amide bonds. The molecule has 0 spiro atoms. The molecule has 0 saturated heterocycles. The van der Waals surface area contributed by atoms with Crippen LogP contribution in [0.2, 0.25) is 0 Å². The number of benzene rings is 2. The first kappa shape index (κ1) is 27.6. The van der Waals surface area contributed by atoms with Gasteiger partial charge < -0.3 is 27.2 Å². The molecule has 0 aliphatic carbocycles. The summed E-state index contributed by atoms with van der Waals surface area (Å²) in [7, 11) is 0. The van der Waals surface area contributed by atoms with Gasteiger partial charge in [-0.1, -0.05) is 47.6 Å². The van der Waals surface area contributed by atoms with Gasteiger partial charge in [0.25, 0.3) is 0 Å². The molecule has 2 unspecified atom stereocenters. The van der Waals surface area contributed by atoms with Crippen molar-refractivity contribution in [3.8, 4) is 0 Å². The summed E-state index contributed by atoms with van der Waals surface area (Å²) >= 11 is 0. The van der Waals surface area contributed by atoms with Crippen molar-refractivity contribution in [3.63, 3.8) is 0 Å². The fourth-order valence-electron chi connectivity index (χ4n) is 3.28. The van der Waals surface area contributed by atoms with Crippen LogP contribution in [-0.4, -0.2) is 47.9 Å². The molecule has 0 bridgehead atoms. The molecule has 8 N–H and O–H groups in total. The molecular weight excluding hydrogens is 450 g/mol. The zero-order valence-corrected chi connectivity index (χ0v) is 19.9. The molecule has 0 fully saturated rings. The van der Waals surface area contributed by atoms with Gasteiger partial charge in [0.1, 0.15) is 18.4 Å². The number of carboxylic acid groups (broad SMARTS) is 1. The summed E-state index contributed by atoms with van der Waals surface area (Å²) in [6, 6.07) is 11.5. The molecule has 2 atom stereocenters. The summed E-state index contributed by atoms with van der Waals surface area (Å²) in [5.41, 5.74) is 14.0. The zero-order chi connectivity index (χ0) is 25.8. The number of rotatable bonds is 12. The van der Waals surface area contributed by atoms with Crippen molar-refractivity contribution in [2.45, 2.75) is 51.5 Å². The van der Waals surface area contributed by atoms with Gasteiger partial charge in [-0.05, 0) is 56.0 Å². The van der Waals surface area contributed by atoms with Gasteiger partial charge in [0.05, 0.1) is 5.69 Å². The van der Waals surface area contributed by atoms with Gasteiger partial charge in [0.2, 0.25) is 5.91 Å². The van der Waals surface area contributed by atoms with Crippen LogP contribution >= 0.6 is 0 Å². The molecule has 0 saturated carbocycles. The summed E-state index contributed by atoms with van der Waals surface area (Å²) in [5, 5.41) is 25.1. The highest BCUT2D eigenvalue weighted by Gasteiger charge is 2.26. The first-order valence-corrected chi connectivity index (χ1v) is 11.3. The topological polar surface area (TPSA) is 184 Å². The number of aliphatic carboxylic acids is 1. The van der Waals surface area contributed by atoms with Gasteiger partial charge in [0, 0.05) is 6.42 Å². The summed E-state index contributed by atoms with van der Waals surface area (Å²) in [6.45, 7) is 4.18. The molecule has 2 rings (SSSR count). The molecule has 0 aliphatic rings. The number of nitrogens with zero attached hydrogens (tertiary/aromatic N) is 2. The second-order valence-electron chi connectivity index (χ2n) is 8.13. The third-order valence-corrected chi connectivity index (χ3v) is 5.39. The zero-order valence-electron chi connectivity index (χ0n) is 19.9. The van der Waals surface area contributed by atoms with E-state index in [2.05, 4.69) is 26.2 Å². The Bertz CT molecular complexity index is 1030. The number of hydrogen-bond acceptors (Lipinski definition) is 7. The summed E-state index contributed by atoms with van der Waals surface area (Å²) < 4.78 is 0. The predicted octanol–water partition coefficient (Wildman–Crippen LogP) is 1.85.